The molecule has 0 unspecified atom stereocenters. The molecule has 254 valence electrons. The summed E-state index contributed by atoms with van der Waals surface area (Å²) in [6.07, 6.45) is -13.4. The Bertz CT molecular complexity index is 1700. The lowest BCUT2D eigenvalue weighted by atomic mass is 9.98. The van der Waals surface area contributed by atoms with E-state index >= 15 is 0 Å². The van der Waals surface area contributed by atoms with Crippen LogP contribution in [0.5, 0.6) is 23.0 Å². The summed E-state index contributed by atoms with van der Waals surface area (Å²) in [5.74, 6) is -4.56. The van der Waals surface area contributed by atoms with E-state index in [1.807, 2.05) is 0 Å². The van der Waals surface area contributed by atoms with E-state index in [0.717, 1.165) is 30.3 Å². The minimum absolute atomic E-state index is 0.0741. The van der Waals surface area contributed by atoms with Gasteiger partial charge >= 0.3 is 11.9 Å². The van der Waals surface area contributed by atoms with Crippen molar-refractivity contribution in [2.45, 2.75) is 55.1 Å². The average Bonchev–Trinajstić information content (AvgIpc) is 3.29. The second-order valence-electron chi connectivity index (χ2n) is 10.9. The van der Waals surface area contributed by atoms with Gasteiger partial charge in [-0.2, -0.15) is 0 Å². The Morgan fingerprint density at radius 1 is 0.957 bits per heavy atom. The lowest BCUT2D eigenvalue weighted by Crippen LogP contribution is -2.62. The topological polar surface area (TPSA) is 293 Å². The number of aromatic hydroxyl groups is 3. The highest BCUT2D eigenvalue weighted by Crippen LogP contribution is 2.36. The first-order valence-corrected chi connectivity index (χ1v) is 13.9. The van der Waals surface area contributed by atoms with Crippen molar-refractivity contribution in [3.63, 3.8) is 0 Å². The predicted octanol–water partition coefficient (Wildman–Crippen LogP) is -1.75. The molecule has 18 nitrogen and oxygen atoms in total. The number of carbonyl (C=O) groups excluding carboxylic acids is 1. The van der Waals surface area contributed by atoms with Crippen LogP contribution in [0.3, 0.4) is 0 Å². The smallest absolute Gasteiger partial charge is 0.317 e. The number of carbonyl (C=O) groups is 2. The summed E-state index contributed by atoms with van der Waals surface area (Å²) in [4.78, 5) is 35.5. The summed E-state index contributed by atoms with van der Waals surface area (Å²) in [6.45, 7) is -2.25. The second-order valence-corrected chi connectivity index (χ2v) is 10.9. The Hall–Kier alpha value is -4.53. The van der Waals surface area contributed by atoms with Crippen LogP contribution in [0.4, 0.5) is 0 Å². The minimum atomic E-state index is -2.13. The lowest BCUT2D eigenvalue weighted by Gasteiger charge is -2.42. The highest BCUT2D eigenvalue weighted by atomic mass is 16.8. The van der Waals surface area contributed by atoms with Crippen LogP contribution in [0.15, 0.2) is 45.6 Å². The zero-order valence-corrected chi connectivity index (χ0v) is 24.0. The maximum atomic E-state index is 12.9. The molecule has 2 aliphatic heterocycles. The van der Waals surface area contributed by atoms with Gasteiger partial charge in [0.1, 0.15) is 71.3 Å². The molecule has 2 saturated heterocycles. The number of carboxylic acid groups (broad SMARTS) is 1. The molecule has 0 bridgehead atoms. The fourth-order valence-electron chi connectivity index (χ4n) is 4.96. The number of aliphatic hydroxyl groups is 5. The third-order valence-electron chi connectivity index (χ3n) is 7.52. The van der Waals surface area contributed by atoms with Gasteiger partial charge in [0.25, 0.3) is 0 Å². The number of rotatable bonds is 10. The van der Waals surface area contributed by atoms with Gasteiger partial charge in [-0.05, 0) is 18.2 Å². The molecular formula is C29H30O18. The van der Waals surface area contributed by atoms with Gasteiger partial charge in [-0.3, -0.25) is 14.4 Å². The molecule has 3 heterocycles. The Morgan fingerprint density at radius 3 is 2.36 bits per heavy atom. The molecule has 18 heteroatoms. The number of aliphatic hydroxyl groups excluding tert-OH is 4. The molecule has 5 rings (SSSR count). The maximum Gasteiger partial charge on any atom is 0.317 e. The Balaban J connectivity index is 1.47. The lowest BCUT2D eigenvalue weighted by molar-refractivity contribution is -0.319. The van der Waals surface area contributed by atoms with E-state index in [1.54, 1.807) is 0 Å². The molecule has 9 N–H and O–H groups in total. The van der Waals surface area contributed by atoms with Crippen molar-refractivity contribution < 1.29 is 83.6 Å². The highest BCUT2D eigenvalue weighted by Gasteiger charge is 2.53. The summed E-state index contributed by atoms with van der Waals surface area (Å²) in [6, 6.07) is 6.81. The number of carboxylic acids is 1. The van der Waals surface area contributed by atoms with E-state index in [9.17, 15) is 55.2 Å². The van der Waals surface area contributed by atoms with Crippen LogP contribution in [0.1, 0.15) is 6.42 Å². The number of hydrogen-bond donors (Lipinski definition) is 9. The standard InChI is InChI=1S/C29H30O18/c30-9-29(41)10-43-28(26(29)40)47-25-24(39)23(38)19(8-42-21(37)7-20(35)36)46-27(25)44-12-4-15(33)22-16(34)6-17(45-18(22)5-12)11-1-2-13(31)14(32)3-11/h1-6,19,23-28,30-33,38-41H,7-10H2,(H,35,36)/t19-,23-,24+,25-,26+,27-,28+,29-/m1/s1. The van der Waals surface area contributed by atoms with Crippen LogP contribution in [-0.2, 0) is 28.5 Å². The monoisotopic (exact) mass is 666 g/mol. The van der Waals surface area contributed by atoms with Gasteiger partial charge in [-0.15, -0.1) is 0 Å². The number of phenolic OH excluding ortho intramolecular Hbond substituents is 3. The number of aliphatic carboxylic acids is 1. The SMILES string of the molecule is O=C(O)CC(=O)OC[C@H]1O[C@@H](Oc2cc(O)c3c(=O)cc(-c4ccc(O)c(O)c4)oc3c2)[C@H](O[C@@H]2OC[C@](O)(CO)[C@H]2O)[C@@H](O)[C@@H]1O. The van der Waals surface area contributed by atoms with Gasteiger partial charge in [0.05, 0.1) is 13.2 Å². The van der Waals surface area contributed by atoms with E-state index < -0.39 is 110 Å². The van der Waals surface area contributed by atoms with Crippen molar-refractivity contribution in [1.29, 1.82) is 0 Å². The van der Waals surface area contributed by atoms with Gasteiger partial charge in [0.15, 0.2) is 29.3 Å². The molecule has 0 saturated carbocycles. The first-order chi connectivity index (χ1) is 22.2. The number of hydrogen-bond acceptors (Lipinski definition) is 17. The van der Waals surface area contributed by atoms with Gasteiger partial charge in [0, 0.05) is 23.8 Å². The fraction of sp³-hybridized carbons (Fsp3) is 0.414. The molecule has 0 amide bonds. The number of phenols is 3. The fourth-order valence-corrected chi connectivity index (χ4v) is 4.96. The van der Waals surface area contributed by atoms with Crippen LogP contribution in [-0.4, -0.2) is 126 Å². The minimum Gasteiger partial charge on any atom is -0.507 e. The summed E-state index contributed by atoms with van der Waals surface area (Å²) < 4.78 is 33.0. The summed E-state index contributed by atoms with van der Waals surface area (Å²) in [7, 11) is 0. The molecule has 2 aromatic carbocycles. The quantitative estimate of drug-likeness (QED) is 0.0658. The predicted molar refractivity (Wildman–Crippen MR) is 150 cm³/mol. The van der Waals surface area contributed by atoms with Crippen LogP contribution in [0.2, 0.25) is 0 Å². The summed E-state index contributed by atoms with van der Waals surface area (Å²) in [5, 5.41) is 90.7. The molecule has 0 aliphatic carbocycles. The Labute approximate surface area is 262 Å². The van der Waals surface area contributed by atoms with Gasteiger partial charge in [0.2, 0.25) is 6.29 Å². The van der Waals surface area contributed by atoms with Crippen LogP contribution >= 0.6 is 0 Å². The largest absolute Gasteiger partial charge is 0.507 e. The average molecular weight is 667 g/mol. The molecule has 3 aromatic rings. The van der Waals surface area contributed by atoms with Crippen molar-refractivity contribution >= 4 is 22.9 Å². The van der Waals surface area contributed by atoms with Crippen molar-refractivity contribution in [1.82, 2.24) is 0 Å². The molecule has 1 aromatic heterocycles. The van der Waals surface area contributed by atoms with Crippen molar-refractivity contribution in [3.8, 4) is 34.3 Å². The van der Waals surface area contributed by atoms with Gasteiger partial charge in [-0.1, -0.05) is 0 Å². The third-order valence-corrected chi connectivity index (χ3v) is 7.52. The number of fused-ring (bicyclic) bond motifs is 1. The van der Waals surface area contributed by atoms with E-state index in [0.29, 0.717) is 0 Å². The van der Waals surface area contributed by atoms with Gasteiger partial charge in [-0.25, -0.2) is 0 Å². The second kappa shape index (κ2) is 13.3. The van der Waals surface area contributed by atoms with Crippen LogP contribution < -0.4 is 10.2 Å². The molecule has 2 fully saturated rings. The maximum absolute atomic E-state index is 12.9. The number of ether oxygens (including phenoxy) is 5. The summed E-state index contributed by atoms with van der Waals surface area (Å²) >= 11 is 0. The van der Waals surface area contributed by atoms with Crippen LogP contribution in [0.25, 0.3) is 22.3 Å². The molecule has 47 heavy (non-hydrogen) atoms. The molecule has 0 spiro atoms. The zero-order chi connectivity index (χ0) is 34.2. The normalized spacial score (nSPS) is 29.1. The number of esters is 1. The van der Waals surface area contributed by atoms with Gasteiger partial charge < -0.3 is 74.1 Å². The van der Waals surface area contributed by atoms with Crippen molar-refractivity contribution in [3.05, 3.63) is 46.6 Å². The molecular weight excluding hydrogens is 636 g/mol. The van der Waals surface area contributed by atoms with E-state index in [2.05, 4.69) is 0 Å². The van der Waals surface area contributed by atoms with Crippen LogP contribution in [0, 0.1) is 0 Å². The first-order valence-electron chi connectivity index (χ1n) is 13.9. The first kappa shape index (κ1) is 33.8. The van der Waals surface area contributed by atoms with E-state index in [-0.39, 0.29) is 28.0 Å². The third kappa shape index (κ3) is 6.94. The Morgan fingerprint density at radius 2 is 1.70 bits per heavy atom. The molecule has 0 radical (unpaired) electrons. The Kier molecular flexibility index (Phi) is 9.57. The summed E-state index contributed by atoms with van der Waals surface area (Å²) in [5.41, 5.74) is -2.87. The van der Waals surface area contributed by atoms with Crippen molar-refractivity contribution in [2.24, 2.45) is 0 Å². The molecule has 8 atom stereocenters. The van der Waals surface area contributed by atoms with E-state index in [1.165, 1.54) is 6.07 Å². The number of benzene rings is 2. The molecule has 2 aliphatic rings. The zero-order valence-electron chi connectivity index (χ0n) is 24.0. The van der Waals surface area contributed by atoms with Crippen molar-refractivity contribution in [2.75, 3.05) is 19.8 Å². The van der Waals surface area contributed by atoms with E-state index in [4.69, 9.17) is 33.2 Å². The highest BCUT2D eigenvalue weighted by molar-refractivity contribution is 5.90.